The maximum atomic E-state index is 14.4. The second-order valence-electron chi connectivity index (χ2n) is 7.58. The van der Waals surface area contributed by atoms with E-state index < -0.39 is 10.8 Å². The molecule has 9 heteroatoms. The predicted molar refractivity (Wildman–Crippen MR) is 119 cm³/mol. The molecule has 3 heterocycles. The molecule has 2 atom stereocenters. The smallest absolute Gasteiger partial charge is 0.213 e. The Hall–Kier alpha value is -1.52. The van der Waals surface area contributed by atoms with Gasteiger partial charge in [-0.3, -0.25) is 4.21 Å². The summed E-state index contributed by atoms with van der Waals surface area (Å²) < 4.78 is 36.6. The van der Waals surface area contributed by atoms with E-state index >= 15 is 0 Å². The number of hydrogen-bond acceptors (Lipinski definition) is 7. The number of hydrogen-bond donors (Lipinski definition) is 1. The molecular weight excluding hydrogens is 423 g/mol. The summed E-state index contributed by atoms with van der Waals surface area (Å²) in [6, 6.07) is 10.9. The van der Waals surface area contributed by atoms with Crippen LogP contribution in [0, 0.1) is 5.82 Å². The van der Waals surface area contributed by atoms with Gasteiger partial charge in [0.2, 0.25) is 5.88 Å². The zero-order valence-corrected chi connectivity index (χ0v) is 18.4. The fourth-order valence-corrected chi connectivity index (χ4v) is 6.31. The Balaban J connectivity index is 1.45. The van der Waals surface area contributed by atoms with Crippen LogP contribution in [0.15, 0.2) is 42.6 Å². The topological polar surface area (TPSA) is 71.7 Å². The van der Waals surface area contributed by atoms with Crippen LogP contribution in [0.5, 0.6) is 5.88 Å². The summed E-state index contributed by atoms with van der Waals surface area (Å²) in [6.07, 6.45) is 2.51. The van der Waals surface area contributed by atoms with Crippen molar-refractivity contribution in [2.75, 3.05) is 37.7 Å². The number of halogens is 1. The van der Waals surface area contributed by atoms with Crippen LogP contribution in [0.4, 0.5) is 4.39 Å². The van der Waals surface area contributed by atoms with Gasteiger partial charge in [-0.2, -0.15) is 0 Å². The van der Waals surface area contributed by atoms with E-state index in [1.807, 2.05) is 24.3 Å². The van der Waals surface area contributed by atoms with Gasteiger partial charge in [0.1, 0.15) is 12.4 Å². The van der Waals surface area contributed by atoms with Crippen LogP contribution >= 0.6 is 12.1 Å². The lowest BCUT2D eigenvalue weighted by Crippen LogP contribution is -2.38. The second-order valence-corrected chi connectivity index (χ2v) is 10.4. The molecule has 0 aliphatic carbocycles. The van der Waals surface area contributed by atoms with Crippen molar-refractivity contribution in [2.45, 2.75) is 24.9 Å². The van der Waals surface area contributed by atoms with Crippen molar-refractivity contribution >= 4 is 22.9 Å². The molecule has 0 radical (unpaired) electrons. The number of aromatic nitrogens is 1. The maximum Gasteiger partial charge on any atom is 0.213 e. The highest BCUT2D eigenvalue weighted by Crippen LogP contribution is 2.38. The third-order valence-corrected chi connectivity index (χ3v) is 8.05. The standard InChI is InChI=1S/C21H27FN4O2S2/c22-20-4-2-1-3-19(20)17-12-18(15-28-21-11-16(13-23)5-6-24-21)26(14-17)29-25-7-9-30(27)10-8-25/h1-6,11,17-18H,7-10,12-15,23H2. The van der Waals surface area contributed by atoms with E-state index in [0.717, 1.165) is 37.2 Å². The van der Waals surface area contributed by atoms with Crippen LogP contribution < -0.4 is 10.5 Å². The minimum atomic E-state index is -0.710. The van der Waals surface area contributed by atoms with Crippen LogP contribution in [-0.2, 0) is 17.3 Å². The van der Waals surface area contributed by atoms with Crippen molar-refractivity contribution in [3.63, 3.8) is 0 Å². The average molecular weight is 451 g/mol. The molecule has 2 fully saturated rings. The molecule has 30 heavy (non-hydrogen) atoms. The van der Waals surface area contributed by atoms with Crippen molar-refractivity contribution in [2.24, 2.45) is 5.73 Å². The zero-order valence-electron chi connectivity index (χ0n) is 16.8. The van der Waals surface area contributed by atoms with Gasteiger partial charge in [0, 0.05) is 78.8 Å². The van der Waals surface area contributed by atoms with E-state index in [9.17, 15) is 8.60 Å². The van der Waals surface area contributed by atoms with E-state index in [-0.39, 0.29) is 17.8 Å². The lowest BCUT2D eigenvalue weighted by Gasteiger charge is -2.31. The van der Waals surface area contributed by atoms with Gasteiger partial charge in [0.25, 0.3) is 0 Å². The molecule has 1 aromatic carbocycles. The van der Waals surface area contributed by atoms with Crippen molar-refractivity contribution < 1.29 is 13.3 Å². The minimum Gasteiger partial charge on any atom is -0.476 e. The molecule has 2 aliphatic heterocycles. The third-order valence-electron chi connectivity index (χ3n) is 5.52. The maximum absolute atomic E-state index is 14.4. The molecule has 4 rings (SSSR count). The Kier molecular flexibility index (Phi) is 7.37. The number of nitrogens with two attached hydrogens (primary N) is 1. The molecule has 2 saturated heterocycles. The van der Waals surface area contributed by atoms with Gasteiger partial charge < -0.3 is 10.5 Å². The van der Waals surface area contributed by atoms with Crippen LogP contribution in [0.2, 0.25) is 0 Å². The van der Waals surface area contributed by atoms with Crippen molar-refractivity contribution in [3.05, 3.63) is 59.5 Å². The molecule has 0 spiro atoms. The predicted octanol–water partition coefficient (Wildman–Crippen LogP) is 2.54. The second kappa shape index (κ2) is 10.2. The van der Waals surface area contributed by atoms with Gasteiger partial charge in [-0.05, 0) is 29.7 Å². The van der Waals surface area contributed by atoms with Crippen LogP contribution in [0.25, 0.3) is 0 Å². The third kappa shape index (κ3) is 5.39. The molecule has 2 N–H and O–H groups in total. The van der Waals surface area contributed by atoms with Crippen molar-refractivity contribution in [1.82, 2.24) is 13.6 Å². The molecule has 0 bridgehead atoms. The molecule has 162 valence electrons. The normalized spacial score (nSPS) is 23.7. The Labute approximate surface area is 183 Å². The summed E-state index contributed by atoms with van der Waals surface area (Å²) in [5.41, 5.74) is 7.45. The van der Waals surface area contributed by atoms with Gasteiger partial charge in [0.05, 0.1) is 6.04 Å². The molecule has 1 aromatic heterocycles. The van der Waals surface area contributed by atoms with E-state index in [1.165, 1.54) is 6.07 Å². The first-order valence-corrected chi connectivity index (χ1v) is 12.4. The molecular formula is C21H27FN4O2S2. The first-order chi connectivity index (χ1) is 14.6. The molecule has 0 amide bonds. The number of nitrogens with zero attached hydrogens (tertiary/aromatic N) is 3. The Morgan fingerprint density at radius 1 is 1.27 bits per heavy atom. The van der Waals surface area contributed by atoms with Gasteiger partial charge in [0.15, 0.2) is 0 Å². The highest BCUT2D eigenvalue weighted by atomic mass is 32.2. The molecule has 2 aromatic rings. The Bertz CT molecular complexity index is 878. The van der Waals surface area contributed by atoms with E-state index in [2.05, 4.69) is 13.6 Å². The monoisotopic (exact) mass is 450 g/mol. The molecule has 0 saturated carbocycles. The lowest BCUT2D eigenvalue weighted by molar-refractivity contribution is 0.230. The largest absolute Gasteiger partial charge is 0.476 e. The van der Waals surface area contributed by atoms with Crippen LogP contribution in [0.3, 0.4) is 0 Å². The van der Waals surface area contributed by atoms with Gasteiger partial charge in [-0.1, -0.05) is 18.2 Å². The van der Waals surface area contributed by atoms with Gasteiger partial charge in [-0.25, -0.2) is 18.0 Å². The minimum absolute atomic E-state index is 0.106. The summed E-state index contributed by atoms with van der Waals surface area (Å²) in [4.78, 5) is 4.28. The zero-order chi connectivity index (χ0) is 20.9. The first kappa shape index (κ1) is 21.7. The lowest BCUT2D eigenvalue weighted by atomic mass is 9.96. The number of benzene rings is 1. The highest BCUT2D eigenvalue weighted by molar-refractivity contribution is 7.94. The van der Waals surface area contributed by atoms with E-state index in [4.69, 9.17) is 10.5 Å². The number of ether oxygens (including phenoxy) is 1. The molecule has 2 unspecified atom stereocenters. The van der Waals surface area contributed by atoms with Crippen molar-refractivity contribution in [1.29, 1.82) is 0 Å². The summed E-state index contributed by atoms with van der Waals surface area (Å²) in [5.74, 6) is 1.92. The number of rotatable bonds is 7. The fraction of sp³-hybridized carbons (Fsp3) is 0.476. The van der Waals surface area contributed by atoms with Gasteiger partial charge >= 0.3 is 0 Å². The summed E-state index contributed by atoms with van der Waals surface area (Å²) in [7, 11) is -0.710. The molecule has 2 aliphatic rings. The van der Waals surface area contributed by atoms with E-state index in [1.54, 1.807) is 24.4 Å². The van der Waals surface area contributed by atoms with Crippen LogP contribution in [0.1, 0.15) is 23.5 Å². The van der Waals surface area contributed by atoms with Gasteiger partial charge in [-0.15, -0.1) is 0 Å². The Morgan fingerprint density at radius 3 is 2.83 bits per heavy atom. The summed E-state index contributed by atoms with van der Waals surface area (Å²) >= 11 is 1.67. The Morgan fingerprint density at radius 2 is 2.07 bits per heavy atom. The summed E-state index contributed by atoms with van der Waals surface area (Å²) in [5, 5.41) is 0. The van der Waals surface area contributed by atoms with E-state index in [0.29, 0.717) is 30.5 Å². The van der Waals surface area contributed by atoms with Crippen LogP contribution in [-0.4, -0.2) is 61.6 Å². The summed E-state index contributed by atoms with van der Waals surface area (Å²) in [6.45, 7) is 3.25. The SMILES string of the molecule is NCc1ccnc(OCC2CC(c3ccccc3F)CN2SN2CCS(=O)CC2)c1. The highest BCUT2D eigenvalue weighted by Gasteiger charge is 2.36. The fourth-order valence-electron chi connectivity index (χ4n) is 3.86. The average Bonchev–Trinajstić information content (AvgIpc) is 3.16. The van der Waals surface area contributed by atoms with Crippen molar-refractivity contribution in [3.8, 4) is 5.88 Å². The molecule has 6 nitrogen and oxygen atoms in total. The first-order valence-electron chi connectivity index (χ1n) is 10.2. The quantitative estimate of drug-likeness (QED) is 0.650. The number of pyridine rings is 1.